The summed E-state index contributed by atoms with van der Waals surface area (Å²) in [6.07, 6.45) is 3.10. The number of hydrogen-bond donors (Lipinski definition) is 1. The molecule has 0 spiro atoms. The van der Waals surface area contributed by atoms with E-state index in [0.29, 0.717) is 26.2 Å². The minimum Gasteiger partial charge on any atom is -0.365 e. The highest BCUT2D eigenvalue weighted by Gasteiger charge is 2.12. The lowest BCUT2D eigenvalue weighted by Crippen LogP contribution is -1.93. The lowest BCUT2D eigenvalue weighted by molar-refractivity contribution is 0.105. The van der Waals surface area contributed by atoms with Crippen LogP contribution in [0.1, 0.15) is 20.9 Å². The number of carbonyl (C=O) groups is 1. The van der Waals surface area contributed by atoms with Crippen LogP contribution in [0.15, 0.2) is 24.3 Å². The van der Waals surface area contributed by atoms with Crippen molar-refractivity contribution in [1.29, 1.82) is 0 Å². The van der Waals surface area contributed by atoms with Gasteiger partial charge in [0.2, 0.25) is 0 Å². The van der Waals surface area contributed by atoms with Crippen LogP contribution in [0.2, 0.25) is 10.0 Å². The summed E-state index contributed by atoms with van der Waals surface area (Å²) in [7, 11) is 1.77. The number of thiazole rings is 1. The molecule has 0 saturated carbocycles. The maximum atomic E-state index is 12.2. The normalized spacial score (nSPS) is 11.0. The topological polar surface area (TPSA) is 42.0 Å². The molecular formula is C14H12Cl2N2OS. The van der Waals surface area contributed by atoms with Gasteiger partial charge in [0.15, 0.2) is 10.9 Å². The number of ketones is 1. The quantitative estimate of drug-likeness (QED) is 0.654. The van der Waals surface area contributed by atoms with Gasteiger partial charge in [0.1, 0.15) is 0 Å². The second-order valence-electron chi connectivity index (χ2n) is 4.02. The summed E-state index contributed by atoms with van der Waals surface area (Å²) in [5.74, 6) is -0.113. The highest BCUT2D eigenvalue weighted by Crippen LogP contribution is 2.27. The lowest BCUT2D eigenvalue weighted by Gasteiger charge is -2.00. The Hall–Kier alpha value is -1.36. The minimum atomic E-state index is -0.113. The van der Waals surface area contributed by atoms with Gasteiger partial charge < -0.3 is 5.32 Å². The van der Waals surface area contributed by atoms with Crippen LogP contribution in [0.4, 0.5) is 5.13 Å². The Kier molecular flexibility index (Phi) is 4.81. The largest absolute Gasteiger partial charge is 0.365 e. The fourth-order valence-corrected chi connectivity index (χ4v) is 3.00. The summed E-state index contributed by atoms with van der Waals surface area (Å²) in [4.78, 5) is 17.0. The van der Waals surface area contributed by atoms with Gasteiger partial charge in [0, 0.05) is 22.7 Å². The van der Waals surface area contributed by atoms with E-state index >= 15 is 0 Å². The summed E-state index contributed by atoms with van der Waals surface area (Å²) in [6, 6.07) is 5.22. The maximum absolute atomic E-state index is 12.2. The molecule has 0 amide bonds. The van der Waals surface area contributed by atoms with Gasteiger partial charge in [-0.3, -0.25) is 4.79 Å². The van der Waals surface area contributed by atoms with Crippen LogP contribution >= 0.6 is 34.5 Å². The molecule has 0 aliphatic carbocycles. The minimum absolute atomic E-state index is 0.113. The third-order valence-electron chi connectivity index (χ3n) is 2.64. The summed E-state index contributed by atoms with van der Waals surface area (Å²) >= 11 is 13.4. The summed E-state index contributed by atoms with van der Waals surface area (Å²) < 4.78 is 0. The number of anilines is 1. The van der Waals surface area contributed by atoms with Crippen molar-refractivity contribution in [2.75, 3.05) is 12.4 Å². The smallest absolute Gasteiger partial charge is 0.197 e. The van der Waals surface area contributed by atoms with E-state index < -0.39 is 0 Å². The summed E-state index contributed by atoms with van der Waals surface area (Å²) in [6.45, 7) is 1.81. The van der Waals surface area contributed by atoms with Gasteiger partial charge in [-0.1, -0.05) is 40.6 Å². The number of benzene rings is 1. The standard InChI is InChI=1S/C14H12Cl2N2OS/c1-8-13(20-14(17-2)18-8)12(19)7-6-9-10(15)4-3-5-11(9)16/h3-7H,1-2H3,(H,17,18)/b7-6+. The van der Waals surface area contributed by atoms with Gasteiger partial charge in [-0.2, -0.15) is 0 Å². The Labute approximate surface area is 131 Å². The van der Waals surface area contributed by atoms with E-state index in [0.717, 1.165) is 5.13 Å². The van der Waals surface area contributed by atoms with Gasteiger partial charge in [-0.05, 0) is 31.2 Å². The van der Waals surface area contributed by atoms with Crippen molar-refractivity contribution in [2.45, 2.75) is 6.92 Å². The van der Waals surface area contributed by atoms with Crippen LogP contribution in [-0.4, -0.2) is 17.8 Å². The van der Waals surface area contributed by atoms with Crippen LogP contribution in [0.3, 0.4) is 0 Å². The monoisotopic (exact) mass is 326 g/mol. The predicted molar refractivity (Wildman–Crippen MR) is 86.2 cm³/mol. The van der Waals surface area contributed by atoms with E-state index in [2.05, 4.69) is 10.3 Å². The molecule has 0 aliphatic heterocycles. The molecule has 1 aromatic carbocycles. The van der Waals surface area contributed by atoms with Crippen molar-refractivity contribution >= 4 is 51.5 Å². The first-order valence-corrected chi connectivity index (χ1v) is 7.41. The third-order valence-corrected chi connectivity index (χ3v) is 4.48. The average Bonchev–Trinajstić information content (AvgIpc) is 2.79. The van der Waals surface area contributed by atoms with E-state index in [4.69, 9.17) is 23.2 Å². The molecule has 0 bridgehead atoms. The van der Waals surface area contributed by atoms with E-state index in [1.807, 2.05) is 0 Å². The van der Waals surface area contributed by atoms with Crippen molar-refractivity contribution in [3.8, 4) is 0 Å². The Morgan fingerprint density at radius 3 is 2.55 bits per heavy atom. The zero-order valence-corrected chi connectivity index (χ0v) is 13.2. The molecule has 0 fully saturated rings. The molecule has 2 aromatic rings. The molecular weight excluding hydrogens is 315 g/mol. The molecule has 0 atom stereocenters. The third kappa shape index (κ3) is 3.20. The molecule has 1 aromatic heterocycles. The Morgan fingerprint density at radius 2 is 2.00 bits per heavy atom. The average molecular weight is 327 g/mol. The van der Waals surface area contributed by atoms with Crippen molar-refractivity contribution in [1.82, 2.24) is 4.98 Å². The molecule has 0 aliphatic rings. The van der Waals surface area contributed by atoms with Crippen molar-refractivity contribution in [3.63, 3.8) is 0 Å². The molecule has 0 unspecified atom stereocenters. The summed E-state index contributed by atoms with van der Waals surface area (Å²) in [5, 5.41) is 4.67. The molecule has 6 heteroatoms. The molecule has 0 radical (unpaired) electrons. The Morgan fingerprint density at radius 1 is 1.35 bits per heavy atom. The van der Waals surface area contributed by atoms with E-state index in [1.165, 1.54) is 17.4 Å². The van der Waals surface area contributed by atoms with Gasteiger partial charge in [-0.25, -0.2) is 4.98 Å². The van der Waals surface area contributed by atoms with Crippen LogP contribution in [0, 0.1) is 6.92 Å². The van der Waals surface area contributed by atoms with E-state index in [-0.39, 0.29) is 5.78 Å². The van der Waals surface area contributed by atoms with E-state index in [9.17, 15) is 4.79 Å². The molecule has 1 N–H and O–H groups in total. The van der Waals surface area contributed by atoms with Crippen molar-refractivity contribution in [3.05, 3.63) is 50.5 Å². The second kappa shape index (κ2) is 6.39. The Balaban J connectivity index is 2.27. The SMILES string of the molecule is CNc1nc(C)c(C(=O)/C=C/c2c(Cl)cccc2Cl)s1. The molecule has 20 heavy (non-hydrogen) atoms. The van der Waals surface area contributed by atoms with Crippen molar-refractivity contribution < 1.29 is 4.79 Å². The zero-order valence-electron chi connectivity index (χ0n) is 10.9. The van der Waals surface area contributed by atoms with Gasteiger partial charge in [0.05, 0.1) is 10.6 Å². The molecule has 104 valence electrons. The first-order chi connectivity index (χ1) is 9.52. The highest BCUT2D eigenvalue weighted by atomic mass is 35.5. The number of hydrogen-bond acceptors (Lipinski definition) is 4. The van der Waals surface area contributed by atoms with Crippen LogP contribution < -0.4 is 5.32 Å². The van der Waals surface area contributed by atoms with Crippen LogP contribution in [0.25, 0.3) is 6.08 Å². The molecule has 3 nitrogen and oxygen atoms in total. The first kappa shape index (κ1) is 15.0. The lowest BCUT2D eigenvalue weighted by atomic mass is 10.1. The van der Waals surface area contributed by atoms with Crippen LogP contribution in [-0.2, 0) is 0 Å². The number of nitrogens with zero attached hydrogens (tertiary/aromatic N) is 1. The fraction of sp³-hybridized carbons (Fsp3) is 0.143. The number of aryl methyl sites for hydroxylation is 1. The van der Waals surface area contributed by atoms with Gasteiger partial charge >= 0.3 is 0 Å². The maximum Gasteiger partial charge on any atom is 0.197 e. The Bertz CT molecular complexity index is 660. The van der Waals surface area contributed by atoms with Crippen molar-refractivity contribution in [2.24, 2.45) is 0 Å². The second-order valence-corrected chi connectivity index (χ2v) is 5.83. The number of nitrogens with one attached hydrogen (secondary N) is 1. The van der Waals surface area contributed by atoms with Gasteiger partial charge in [-0.15, -0.1) is 0 Å². The number of rotatable bonds is 4. The van der Waals surface area contributed by atoms with Crippen LogP contribution in [0.5, 0.6) is 0 Å². The number of aromatic nitrogens is 1. The molecule has 2 rings (SSSR count). The fourth-order valence-electron chi connectivity index (χ4n) is 1.64. The van der Waals surface area contributed by atoms with Gasteiger partial charge in [0.25, 0.3) is 0 Å². The highest BCUT2D eigenvalue weighted by molar-refractivity contribution is 7.17. The number of halogens is 2. The predicted octanol–water partition coefficient (Wildman–Crippen LogP) is 4.70. The van der Waals surface area contributed by atoms with E-state index in [1.54, 1.807) is 38.2 Å². The molecule has 1 heterocycles. The summed E-state index contributed by atoms with van der Waals surface area (Å²) in [5.41, 5.74) is 1.35. The number of allylic oxidation sites excluding steroid dienone is 1. The number of carbonyl (C=O) groups excluding carboxylic acids is 1. The first-order valence-electron chi connectivity index (χ1n) is 5.84. The zero-order chi connectivity index (χ0) is 14.7. The molecule has 0 saturated heterocycles.